The van der Waals surface area contributed by atoms with E-state index in [0.29, 0.717) is 0 Å². The van der Waals surface area contributed by atoms with Crippen LogP contribution >= 0.6 is 0 Å². The van der Waals surface area contributed by atoms with Gasteiger partial charge in [-0.25, -0.2) is 4.39 Å². The minimum Gasteiger partial charge on any atom is -0.508 e. The molecule has 16 heavy (non-hydrogen) atoms. The van der Waals surface area contributed by atoms with Crippen LogP contribution in [0.25, 0.3) is 0 Å². The summed E-state index contributed by atoms with van der Waals surface area (Å²) in [5.41, 5.74) is 0. The Bertz CT molecular complexity index is 349. The molecule has 1 unspecified atom stereocenters. The summed E-state index contributed by atoms with van der Waals surface area (Å²) in [7, 11) is 0. The lowest BCUT2D eigenvalue weighted by Crippen LogP contribution is -2.19. The van der Waals surface area contributed by atoms with Crippen molar-refractivity contribution in [2.24, 2.45) is 0 Å². The van der Waals surface area contributed by atoms with Gasteiger partial charge in [0.1, 0.15) is 11.9 Å². The SMILES string of the molecule is Oc1ccc(F)c(OC2CCCNCC2)c1. The Hall–Kier alpha value is -1.29. The van der Waals surface area contributed by atoms with E-state index in [9.17, 15) is 9.50 Å². The Morgan fingerprint density at radius 3 is 3.06 bits per heavy atom. The maximum atomic E-state index is 13.4. The molecule has 0 aliphatic carbocycles. The minimum absolute atomic E-state index is 0.0307. The van der Waals surface area contributed by atoms with E-state index in [1.54, 1.807) is 0 Å². The molecule has 1 saturated heterocycles. The van der Waals surface area contributed by atoms with Crippen LogP contribution in [0.1, 0.15) is 19.3 Å². The Kier molecular flexibility index (Phi) is 3.62. The van der Waals surface area contributed by atoms with Crippen molar-refractivity contribution in [1.29, 1.82) is 0 Å². The van der Waals surface area contributed by atoms with Gasteiger partial charge in [-0.3, -0.25) is 0 Å². The Morgan fingerprint density at radius 2 is 2.19 bits per heavy atom. The highest BCUT2D eigenvalue weighted by Gasteiger charge is 2.15. The van der Waals surface area contributed by atoms with E-state index in [1.165, 1.54) is 18.2 Å². The summed E-state index contributed by atoms with van der Waals surface area (Å²) < 4.78 is 18.9. The number of phenols is 1. The van der Waals surface area contributed by atoms with Crippen molar-refractivity contribution in [3.05, 3.63) is 24.0 Å². The van der Waals surface area contributed by atoms with Crippen LogP contribution in [0.15, 0.2) is 18.2 Å². The van der Waals surface area contributed by atoms with Gasteiger partial charge in [-0.05, 0) is 44.5 Å². The molecule has 1 aliphatic heterocycles. The van der Waals surface area contributed by atoms with E-state index < -0.39 is 5.82 Å². The molecule has 0 saturated carbocycles. The molecule has 0 bridgehead atoms. The average molecular weight is 225 g/mol. The van der Waals surface area contributed by atoms with Crippen LogP contribution in [0.3, 0.4) is 0 Å². The van der Waals surface area contributed by atoms with Crippen molar-refractivity contribution in [2.75, 3.05) is 13.1 Å². The normalized spacial score (nSPS) is 21.4. The minimum atomic E-state index is -0.421. The first-order valence-electron chi connectivity index (χ1n) is 5.61. The van der Waals surface area contributed by atoms with Gasteiger partial charge in [0.2, 0.25) is 0 Å². The van der Waals surface area contributed by atoms with Gasteiger partial charge in [0.05, 0.1) is 0 Å². The molecule has 1 aromatic carbocycles. The molecule has 4 heteroatoms. The number of halogens is 1. The van der Waals surface area contributed by atoms with Gasteiger partial charge >= 0.3 is 0 Å². The first-order chi connectivity index (χ1) is 7.75. The second-order valence-electron chi connectivity index (χ2n) is 4.04. The van der Waals surface area contributed by atoms with Gasteiger partial charge in [-0.15, -0.1) is 0 Å². The maximum Gasteiger partial charge on any atom is 0.165 e. The number of ether oxygens (including phenoxy) is 1. The van der Waals surface area contributed by atoms with Gasteiger partial charge < -0.3 is 15.2 Å². The molecule has 2 rings (SSSR count). The Balaban J connectivity index is 2.04. The molecular formula is C12H16FNO2. The molecule has 1 fully saturated rings. The molecule has 0 amide bonds. The second-order valence-corrected chi connectivity index (χ2v) is 4.04. The van der Waals surface area contributed by atoms with Crippen LogP contribution in [0.4, 0.5) is 4.39 Å². The molecule has 1 aliphatic rings. The zero-order valence-corrected chi connectivity index (χ0v) is 9.08. The van der Waals surface area contributed by atoms with Crippen LogP contribution < -0.4 is 10.1 Å². The Labute approximate surface area is 94.2 Å². The highest BCUT2D eigenvalue weighted by atomic mass is 19.1. The molecule has 0 radical (unpaired) electrons. The molecule has 1 atom stereocenters. The average Bonchev–Trinajstić information content (AvgIpc) is 2.52. The largest absolute Gasteiger partial charge is 0.508 e. The van der Waals surface area contributed by atoms with E-state index in [4.69, 9.17) is 4.74 Å². The summed E-state index contributed by atoms with van der Waals surface area (Å²) in [4.78, 5) is 0. The first kappa shape index (κ1) is 11.2. The van der Waals surface area contributed by atoms with Crippen LogP contribution in [-0.2, 0) is 0 Å². The van der Waals surface area contributed by atoms with Gasteiger partial charge in [0, 0.05) is 6.07 Å². The fraction of sp³-hybridized carbons (Fsp3) is 0.500. The molecule has 0 aromatic heterocycles. The Morgan fingerprint density at radius 1 is 1.31 bits per heavy atom. The maximum absolute atomic E-state index is 13.4. The number of nitrogens with one attached hydrogen (secondary N) is 1. The third-order valence-electron chi connectivity index (χ3n) is 2.73. The monoisotopic (exact) mass is 225 g/mol. The fourth-order valence-electron chi connectivity index (χ4n) is 1.87. The topological polar surface area (TPSA) is 41.5 Å². The van der Waals surface area contributed by atoms with Crippen LogP contribution in [0.2, 0.25) is 0 Å². The van der Waals surface area contributed by atoms with E-state index in [2.05, 4.69) is 5.32 Å². The summed E-state index contributed by atoms with van der Waals surface area (Å²) in [6.45, 7) is 1.88. The third kappa shape index (κ3) is 2.85. The van der Waals surface area contributed by atoms with Crippen molar-refractivity contribution in [3.63, 3.8) is 0 Å². The van der Waals surface area contributed by atoms with Crippen LogP contribution in [0, 0.1) is 5.82 Å². The molecule has 88 valence electrons. The van der Waals surface area contributed by atoms with Crippen molar-refractivity contribution in [1.82, 2.24) is 5.32 Å². The van der Waals surface area contributed by atoms with Crippen molar-refractivity contribution >= 4 is 0 Å². The summed E-state index contributed by atoms with van der Waals surface area (Å²) in [6, 6.07) is 3.87. The lowest BCUT2D eigenvalue weighted by molar-refractivity contribution is 0.179. The van der Waals surface area contributed by atoms with Gasteiger partial charge in [0.15, 0.2) is 11.6 Å². The smallest absolute Gasteiger partial charge is 0.165 e. The lowest BCUT2D eigenvalue weighted by atomic mass is 10.1. The number of hydrogen-bond donors (Lipinski definition) is 2. The van der Waals surface area contributed by atoms with E-state index in [0.717, 1.165) is 32.4 Å². The van der Waals surface area contributed by atoms with Crippen LogP contribution in [0.5, 0.6) is 11.5 Å². The fourth-order valence-corrected chi connectivity index (χ4v) is 1.87. The second kappa shape index (κ2) is 5.16. The van der Waals surface area contributed by atoms with Crippen LogP contribution in [-0.4, -0.2) is 24.3 Å². The molecule has 0 spiro atoms. The van der Waals surface area contributed by atoms with Crippen molar-refractivity contribution in [3.8, 4) is 11.5 Å². The zero-order chi connectivity index (χ0) is 11.4. The summed E-state index contributed by atoms with van der Waals surface area (Å²) in [5, 5.41) is 12.5. The standard InChI is InChI=1S/C12H16FNO2/c13-11-4-3-9(15)8-12(11)16-10-2-1-6-14-7-5-10/h3-4,8,10,14-15H,1-2,5-7H2. The first-order valence-corrected chi connectivity index (χ1v) is 5.61. The van der Waals surface area contributed by atoms with Crippen molar-refractivity contribution in [2.45, 2.75) is 25.4 Å². The third-order valence-corrected chi connectivity index (χ3v) is 2.73. The van der Waals surface area contributed by atoms with Gasteiger partial charge in [-0.2, -0.15) is 0 Å². The van der Waals surface area contributed by atoms with E-state index in [1.807, 2.05) is 0 Å². The number of benzene rings is 1. The number of hydrogen-bond acceptors (Lipinski definition) is 3. The van der Waals surface area contributed by atoms with Crippen molar-refractivity contribution < 1.29 is 14.2 Å². The summed E-state index contributed by atoms with van der Waals surface area (Å²) in [5.74, 6) is -0.245. The van der Waals surface area contributed by atoms with Gasteiger partial charge in [-0.1, -0.05) is 0 Å². The predicted molar refractivity (Wildman–Crippen MR) is 59.2 cm³/mol. The van der Waals surface area contributed by atoms with E-state index >= 15 is 0 Å². The number of aromatic hydroxyl groups is 1. The highest BCUT2D eigenvalue weighted by molar-refractivity contribution is 5.33. The molecule has 1 aromatic rings. The summed E-state index contributed by atoms with van der Waals surface area (Å²) >= 11 is 0. The number of phenolic OH excluding ortho intramolecular Hbond substituents is 1. The molecule has 1 heterocycles. The quantitative estimate of drug-likeness (QED) is 0.809. The lowest BCUT2D eigenvalue weighted by Gasteiger charge is -2.17. The van der Waals surface area contributed by atoms with E-state index in [-0.39, 0.29) is 17.6 Å². The molecule has 3 nitrogen and oxygen atoms in total. The zero-order valence-electron chi connectivity index (χ0n) is 9.08. The predicted octanol–water partition coefficient (Wildman–Crippen LogP) is 2.05. The van der Waals surface area contributed by atoms with Gasteiger partial charge in [0.25, 0.3) is 0 Å². The highest BCUT2D eigenvalue weighted by Crippen LogP contribution is 2.25. The summed E-state index contributed by atoms with van der Waals surface area (Å²) in [6.07, 6.45) is 2.86. The molecular weight excluding hydrogens is 209 g/mol. The molecule has 2 N–H and O–H groups in total. The number of rotatable bonds is 2.